The third kappa shape index (κ3) is 16.6. The first-order chi connectivity index (χ1) is 20.5. The second-order valence-corrected chi connectivity index (χ2v) is 11.7. The Morgan fingerprint density at radius 3 is 2.07 bits per heavy atom. The molecule has 1 fully saturated rings. The molecule has 0 bridgehead atoms. The molecule has 3 amide bonds. The zero-order chi connectivity index (χ0) is 30.3. The number of amides is 3. The molecule has 42 heavy (non-hydrogen) atoms. The van der Waals surface area contributed by atoms with Crippen LogP contribution in [-0.4, -0.2) is 43.6 Å². The van der Waals surface area contributed by atoms with Gasteiger partial charge < -0.3 is 26.0 Å². The Morgan fingerprint density at radius 2 is 1.43 bits per heavy atom. The Labute approximate surface area is 254 Å². The fourth-order valence-electron chi connectivity index (χ4n) is 5.48. The van der Waals surface area contributed by atoms with Crippen LogP contribution in [0.2, 0.25) is 0 Å². The van der Waals surface area contributed by atoms with Crippen LogP contribution in [0.15, 0.2) is 24.3 Å². The van der Waals surface area contributed by atoms with Crippen LogP contribution in [0.5, 0.6) is 5.75 Å². The van der Waals surface area contributed by atoms with E-state index in [2.05, 4.69) is 28.2 Å². The third-order valence-corrected chi connectivity index (χ3v) is 8.01. The van der Waals surface area contributed by atoms with Crippen LogP contribution >= 0.6 is 0 Å². The zero-order valence-electron chi connectivity index (χ0n) is 26.4. The number of carbonyl (C=O) groups excluding carboxylic acids is 3. The summed E-state index contributed by atoms with van der Waals surface area (Å²) in [6, 6.07) is 7.30. The average Bonchev–Trinajstić information content (AvgIpc) is 3.51. The lowest BCUT2D eigenvalue weighted by molar-refractivity contribution is -0.128. The maximum absolute atomic E-state index is 12.6. The second kappa shape index (κ2) is 22.8. The highest BCUT2D eigenvalue weighted by Gasteiger charge is 2.22. The zero-order valence-corrected chi connectivity index (χ0v) is 26.4. The number of rotatable bonds is 24. The highest BCUT2D eigenvalue weighted by Crippen LogP contribution is 2.28. The Hall–Kier alpha value is -2.77. The first kappa shape index (κ1) is 35.4. The smallest absolute Gasteiger partial charge is 0.263 e. The molecule has 1 atom stereocenters. The number of hydrogen-bond donors (Lipinski definition) is 4. The minimum Gasteiger partial charge on any atom is -0.494 e. The molecular formula is C34H58N4O4. The fourth-order valence-corrected chi connectivity index (χ4v) is 5.48. The van der Waals surface area contributed by atoms with Gasteiger partial charge in [0, 0.05) is 31.6 Å². The molecule has 0 aliphatic heterocycles. The number of unbranched alkanes of at least 4 members (excludes halogenated alkanes) is 9. The first-order valence-corrected chi connectivity index (χ1v) is 16.8. The Balaban J connectivity index is 1.58. The monoisotopic (exact) mass is 586 g/mol. The molecule has 1 unspecified atom stereocenters. The van der Waals surface area contributed by atoms with Gasteiger partial charge in [-0.3, -0.25) is 14.4 Å². The van der Waals surface area contributed by atoms with Crippen LogP contribution in [-0.2, 0) is 14.4 Å². The molecule has 238 valence electrons. The van der Waals surface area contributed by atoms with Gasteiger partial charge in [-0.2, -0.15) is 0 Å². The highest BCUT2D eigenvalue weighted by molar-refractivity contribution is 5.89. The molecule has 1 aromatic carbocycles. The maximum atomic E-state index is 12.6. The minimum absolute atomic E-state index is 0.0794. The van der Waals surface area contributed by atoms with E-state index in [-0.39, 0.29) is 17.7 Å². The van der Waals surface area contributed by atoms with Crippen LogP contribution in [0.25, 0.3) is 0 Å². The van der Waals surface area contributed by atoms with Gasteiger partial charge in [-0.15, -0.1) is 0 Å². The lowest BCUT2D eigenvalue weighted by atomic mass is 10.0. The Kier molecular flexibility index (Phi) is 19.2. The Morgan fingerprint density at radius 1 is 0.786 bits per heavy atom. The summed E-state index contributed by atoms with van der Waals surface area (Å²) >= 11 is 0. The summed E-state index contributed by atoms with van der Waals surface area (Å²) in [6.07, 6.45) is 19.4. The minimum atomic E-state index is -0.841. The second-order valence-electron chi connectivity index (χ2n) is 11.7. The summed E-state index contributed by atoms with van der Waals surface area (Å²) in [5.41, 5.74) is 0.709. The maximum Gasteiger partial charge on any atom is 0.263 e. The van der Waals surface area contributed by atoms with Crippen molar-refractivity contribution in [1.29, 1.82) is 0 Å². The van der Waals surface area contributed by atoms with E-state index in [1.807, 2.05) is 31.2 Å². The standard InChI is InChI=1S/C34H58N4O4/c1-3-5-6-7-8-9-10-11-12-15-26-36-31(39)19-16-27-42-30-23-21-29(22-24-30)37-33(34(41)35-4-2)38-32(40)25-20-28-17-13-14-18-28/h21-24,28,33,37H,3-20,25-27H2,1-2H3,(H,35,41)(H,36,39)(H,38,40). The number of anilines is 1. The van der Waals surface area contributed by atoms with E-state index in [4.69, 9.17) is 4.74 Å². The van der Waals surface area contributed by atoms with E-state index in [0.717, 1.165) is 19.4 Å². The van der Waals surface area contributed by atoms with Gasteiger partial charge in [0.2, 0.25) is 11.8 Å². The number of ether oxygens (including phenoxy) is 1. The summed E-state index contributed by atoms with van der Waals surface area (Å²) in [6.45, 7) is 5.80. The summed E-state index contributed by atoms with van der Waals surface area (Å²) in [5.74, 6) is 1.02. The number of nitrogens with one attached hydrogen (secondary N) is 4. The van der Waals surface area contributed by atoms with Crippen molar-refractivity contribution in [1.82, 2.24) is 16.0 Å². The lowest BCUT2D eigenvalue weighted by Gasteiger charge is -2.21. The summed E-state index contributed by atoms with van der Waals surface area (Å²) < 4.78 is 5.80. The molecule has 0 aromatic heterocycles. The van der Waals surface area contributed by atoms with Gasteiger partial charge in [0.25, 0.3) is 5.91 Å². The average molecular weight is 587 g/mol. The fraction of sp³-hybridized carbons (Fsp3) is 0.735. The molecule has 2 rings (SSSR count). The number of likely N-dealkylation sites (N-methyl/N-ethyl adjacent to an activating group) is 1. The molecule has 1 aliphatic carbocycles. The topological polar surface area (TPSA) is 109 Å². The molecule has 1 saturated carbocycles. The van der Waals surface area contributed by atoms with Crippen LogP contribution in [0, 0.1) is 5.92 Å². The van der Waals surface area contributed by atoms with Gasteiger partial charge >= 0.3 is 0 Å². The van der Waals surface area contributed by atoms with Gasteiger partial charge in [0.05, 0.1) is 6.61 Å². The number of benzene rings is 1. The van der Waals surface area contributed by atoms with Crippen molar-refractivity contribution in [3.05, 3.63) is 24.3 Å². The Bertz CT molecular complexity index is 871. The van der Waals surface area contributed by atoms with Crippen LogP contribution in [0.3, 0.4) is 0 Å². The van der Waals surface area contributed by atoms with Gasteiger partial charge in [-0.25, -0.2) is 0 Å². The highest BCUT2D eigenvalue weighted by atomic mass is 16.5. The molecule has 8 nitrogen and oxygen atoms in total. The predicted molar refractivity (Wildman–Crippen MR) is 171 cm³/mol. The number of carbonyl (C=O) groups is 3. The molecule has 0 radical (unpaired) electrons. The van der Waals surface area contributed by atoms with Crippen LogP contribution in [0.4, 0.5) is 5.69 Å². The summed E-state index contributed by atoms with van der Waals surface area (Å²) in [7, 11) is 0. The van der Waals surface area contributed by atoms with Crippen molar-refractivity contribution in [2.24, 2.45) is 5.92 Å². The van der Waals surface area contributed by atoms with Crippen molar-refractivity contribution < 1.29 is 19.1 Å². The van der Waals surface area contributed by atoms with Crippen molar-refractivity contribution in [3.8, 4) is 5.75 Å². The predicted octanol–water partition coefficient (Wildman–Crippen LogP) is 6.84. The normalized spacial score (nSPS) is 13.9. The third-order valence-electron chi connectivity index (χ3n) is 8.01. The van der Waals surface area contributed by atoms with Crippen LogP contribution < -0.4 is 26.0 Å². The molecule has 0 spiro atoms. The van der Waals surface area contributed by atoms with Crippen molar-refractivity contribution in [2.75, 3.05) is 25.0 Å². The van der Waals surface area contributed by atoms with E-state index in [1.165, 1.54) is 83.5 Å². The van der Waals surface area contributed by atoms with Gasteiger partial charge in [-0.1, -0.05) is 90.4 Å². The molecule has 8 heteroatoms. The summed E-state index contributed by atoms with van der Waals surface area (Å²) in [5, 5.41) is 11.8. The van der Waals surface area contributed by atoms with E-state index in [9.17, 15) is 14.4 Å². The van der Waals surface area contributed by atoms with Gasteiger partial charge in [0.1, 0.15) is 5.75 Å². The van der Waals surface area contributed by atoms with E-state index in [0.29, 0.717) is 49.8 Å². The van der Waals surface area contributed by atoms with E-state index >= 15 is 0 Å². The SMILES string of the molecule is CCCCCCCCCCCCNC(=O)CCCOc1ccc(NC(NC(=O)CCC2CCCC2)C(=O)NCC)cc1. The lowest BCUT2D eigenvalue weighted by Crippen LogP contribution is -2.51. The van der Waals surface area contributed by atoms with Gasteiger partial charge in [-0.05, 0) is 56.4 Å². The molecule has 1 aliphatic rings. The molecule has 1 aromatic rings. The molecule has 4 N–H and O–H groups in total. The van der Waals surface area contributed by atoms with Gasteiger partial charge in [0.15, 0.2) is 6.17 Å². The first-order valence-electron chi connectivity index (χ1n) is 16.8. The molecule has 0 saturated heterocycles. The van der Waals surface area contributed by atoms with E-state index in [1.54, 1.807) is 0 Å². The van der Waals surface area contributed by atoms with Crippen molar-refractivity contribution >= 4 is 23.4 Å². The number of hydrogen-bond acceptors (Lipinski definition) is 5. The van der Waals surface area contributed by atoms with Crippen molar-refractivity contribution in [2.45, 2.75) is 136 Å². The quantitative estimate of drug-likeness (QED) is 0.0783. The van der Waals surface area contributed by atoms with E-state index < -0.39 is 6.17 Å². The molecule has 0 heterocycles. The van der Waals surface area contributed by atoms with Crippen LogP contribution in [0.1, 0.15) is 129 Å². The largest absolute Gasteiger partial charge is 0.494 e. The summed E-state index contributed by atoms with van der Waals surface area (Å²) in [4.78, 5) is 37.2. The van der Waals surface area contributed by atoms with Crippen molar-refractivity contribution in [3.63, 3.8) is 0 Å². The molecular weight excluding hydrogens is 528 g/mol.